The molecule has 20 heavy (non-hydrogen) atoms. The molecule has 0 fully saturated rings. The van der Waals surface area contributed by atoms with E-state index in [1.807, 2.05) is 0 Å². The summed E-state index contributed by atoms with van der Waals surface area (Å²) in [6, 6.07) is 4.49. The van der Waals surface area contributed by atoms with E-state index in [4.69, 9.17) is 33.0 Å². The van der Waals surface area contributed by atoms with Crippen molar-refractivity contribution in [3.8, 4) is 0 Å². The van der Waals surface area contributed by atoms with Crippen LogP contribution in [0.15, 0.2) is 18.2 Å². The molecular formula is C12H14Cl2N2O4. The molecule has 1 aromatic carbocycles. The third kappa shape index (κ3) is 5.75. The van der Waals surface area contributed by atoms with E-state index in [9.17, 15) is 9.59 Å². The van der Waals surface area contributed by atoms with Gasteiger partial charge < -0.3 is 20.5 Å². The zero-order valence-electron chi connectivity index (χ0n) is 10.5. The molecule has 0 aliphatic rings. The van der Waals surface area contributed by atoms with Gasteiger partial charge in [-0.05, 0) is 18.2 Å². The predicted molar refractivity (Wildman–Crippen MR) is 76.0 cm³/mol. The fourth-order valence-corrected chi connectivity index (χ4v) is 1.54. The van der Waals surface area contributed by atoms with Crippen molar-refractivity contribution in [2.24, 2.45) is 0 Å². The molecule has 0 aliphatic heterocycles. The van der Waals surface area contributed by atoms with Crippen molar-refractivity contribution in [1.29, 1.82) is 0 Å². The molecule has 0 bridgehead atoms. The van der Waals surface area contributed by atoms with Crippen LogP contribution in [-0.4, -0.2) is 43.3 Å². The number of halogens is 2. The molecule has 8 heteroatoms. The Hall–Kier alpha value is -1.34. The van der Waals surface area contributed by atoms with Gasteiger partial charge in [-0.25, -0.2) is 0 Å². The molecule has 110 valence electrons. The van der Waals surface area contributed by atoms with Crippen LogP contribution in [0.3, 0.4) is 0 Å². The Kier molecular flexibility index (Phi) is 7.32. The topological polar surface area (TPSA) is 87.7 Å². The summed E-state index contributed by atoms with van der Waals surface area (Å²) in [6.07, 6.45) is 0. The summed E-state index contributed by atoms with van der Waals surface area (Å²) in [5, 5.41) is 13.9. The SMILES string of the molecule is O=C(NCCOCCO)C(=O)Nc1ccc(Cl)c(Cl)c1. The molecule has 0 saturated heterocycles. The first-order chi connectivity index (χ1) is 9.54. The van der Waals surface area contributed by atoms with E-state index in [1.165, 1.54) is 18.2 Å². The molecule has 2 amide bonds. The average molecular weight is 321 g/mol. The number of nitrogens with one attached hydrogen (secondary N) is 2. The highest BCUT2D eigenvalue weighted by Gasteiger charge is 2.13. The van der Waals surface area contributed by atoms with E-state index in [2.05, 4.69) is 10.6 Å². The normalized spacial score (nSPS) is 10.2. The van der Waals surface area contributed by atoms with E-state index in [-0.39, 0.29) is 31.4 Å². The smallest absolute Gasteiger partial charge is 0.313 e. The Labute approximate surface area is 126 Å². The van der Waals surface area contributed by atoms with Crippen LogP contribution in [0.25, 0.3) is 0 Å². The Morgan fingerprint density at radius 1 is 1.15 bits per heavy atom. The highest BCUT2D eigenvalue weighted by atomic mass is 35.5. The molecule has 0 spiro atoms. The lowest BCUT2D eigenvalue weighted by molar-refractivity contribution is -0.136. The molecular weight excluding hydrogens is 307 g/mol. The number of ether oxygens (including phenoxy) is 1. The van der Waals surface area contributed by atoms with Gasteiger partial charge in [0, 0.05) is 12.2 Å². The Morgan fingerprint density at radius 3 is 2.55 bits per heavy atom. The summed E-state index contributed by atoms with van der Waals surface area (Å²) in [4.78, 5) is 23.0. The van der Waals surface area contributed by atoms with Gasteiger partial charge in [-0.2, -0.15) is 0 Å². The zero-order chi connectivity index (χ0) is 15.0. The zero-order valence-corrected chi connectivity index (χ0v) is 12.0. The molecule has 0 radical (unpaired) electrons. The summed E-state index contributed by atoms with van der Waals surface area (Å²) in [6.45, 7) is 0.483. The van der Waals surface area contributed by atoms with Crippen molar-refractivity contribution in [3.63, 3.8) is 0 Å². The Morgan fingerprint density at radius 2 is 1.90 bits per heavy atom. The van der Waals surface area contributed by atoms with Crippen LogP contribution in [0, 0.1) is 0 Å². The van der Waals surface area contributed by atoms with E-state index in [1.54, 1.807) is 0 Å². The Bertz CT molecular complexity index is 483. The van der Waals surface area contributed by atoms with E-state index < -0.39 is 11.8 Å². The van der Waals surface area contributed by atoms with Gasteiger partial charge in [-0.3, -0.25) is 9.59 Å². The number of aliphatic hydroxyl groups is 1. The second-order valence-corrected chi connectivity index (χ2v) is 4.49. The summed E-state index contributed by atoms with van der Waals surface area (Å²) >= 11 is 11.5. The van der Waals surface area contributed by atoms with Crippen LogP contribution in [0.2, 0.25) is 10.0 Å². The first-order valence-corrected chi connectivity index (χ1v) is 6.53. The highest BCUT2D eigenvalue weighted by Crippen LogP contribution is 2.24. The van der Waals surface area contributed by atoms with Gasteiger partial charge >= 0.3 is 11.8 Å². The average Bonchev–Trinajstić information content (AvgIpc) is 2.42. The maximum Gasteiger partial charge on any atom is 0.313 e. The lowest BCUT2D eigenvalue weighted by Gasteiger charge is -2.07. The fraction of sp³-hybridized carbons (Fsp3) is 0.333. The first-order valence-electron chi connectivity index (χ1n) is 5.77. The minimum Gasteiger partial charge on any atom is -0.394 e. The summed E-state index contributed by atoms with van der Waals surface area (Å²) < 4.78 is 4.93. The van der Waals surface area contributed by atoms with Gasteiger partial charge in [0.2, 0.25) is 0 Å². The number of amides is 2. The molecule has 0 aromatic heterocycles. The standard InChI is InChI=1S/C12H14Cl2N2O4/c13-9-2-1-8(7-10(9)14)16-12(19)11(18)15-3-5-20-6-4-17/h1-2,7,17H,3-6H2,(H,15,18)(H,16,19). The molecule has 0 aliphatic carbocycles. The maximum atomic E-state index is 11.5. The van der Waals surface area contributed by atoms with Crippen LogP contribution >= 0.6 is 23.2 Å². The molecule has 0 heterocycles. The van der Waals surface area contributed by atoms with Crippen molar-refractivity contribution < 1.29 is 19.4 Å². The maximum absolute atomic E-state index is 11.5. The minimum atomic E-state index is -0.814. The van der Waals surface area contributed by atoms with Crippen LogP contribution in [0.5, 0.6) is 0 Å². The van der Waals surface area contributed by atoms with Crippen LogP contribution in [-0.2, 0) is 14.3 Å². The molecule has 0 saturated carbocycles. The number of hydrogen-bond acceptors (Lipinski definition) is 4. The van der Waals surface area contributed by atoms with Gasteiger partial charge in [0.05, 0.1) is 29.9 Å². The van der Waals surface area contributed by atoms with E-state index in [0.717, 1.165) is 0 Å². The van der Waals surface area contributed by atoms with Crippen molar-refractivity contribution in [1.82, 2.24) is 5.32 Å². The molecule has 0 unspecified atom stereocenters. The summed E-state index contributed by atoms with van der Waals surface area (Å²) in [7, 11) is 0. The lowest BCUT2D eigenvalue weighted by Crippen LogP contribution is -2.37. The summed E-state index contributed by atoms with van der Waals surface area (Å²) in [5.74, 6) is -1.60. The predicted octanol–water partition coefficient (Wildman–Crippen LogP) is 1.06. The largest absolute Gasteiger partial charge is 0.394 e. The molecule has 1 aromatic rings. The first kappa shape index (κ1) is 16.7. The molecule has 3 N–H and O–H groups in total. The van der Waals surface area contributed by atoms with Crippen LogP contribution < -0.4 is 10.6 Å². The Balaban J connectivity index is 2.37. The number of carbonyl (C=O) groups excluding carboxylic acids is 2. The van der Waals surface area contributed by atoms with Crippen molar-refractivity contribution in [2.45, 2.75) is 0 Å². The molecule has 0 atom stereocenters. The number of hydrogen-bond donors (Lipinski definition) is 3. The van der Waals surface area contributed by atoms with Crippen molar-refractivity contribution in [3.05, 3.63) is 28.2 Å². The monoisotopic (exact) mass is 320 g/mol. The number of benzene rings is 1. The highest BCUT2D eigenvalue weighted by molar-refractivity contribution is 6.42. The summed E-state index contributed by atoms with van der Waals surface area (Å²) in [5.41, 5.74) is 0.371. The van der Waals surface area contributed by atoms with Gasteiger partial charge in [-0.1, -0.05) is 23.2 Å². The van der Waals surface area contributed by atoms with E-state index >= 15 is 0 Å². The molecule has 6 nitrogen and oxygen atoms in total. The number of anilines is 1. The third-order valence-electron chi connectivity index (χ3n) is 2.15. The van der Waals surface area contributed by atoms with Crippen LogP contribution in [0.1, 0.15) is 0 Å². The van der Waals surface area contributed by atoms with Gasteiger partial charge in [0.15, 0.2) is 0 Å². The van der Waals surface area contributed by atoms with Gasteiger partial charge in [0.1, 0.15) is 0 Å². The van der Waals surface area contributed by atoms with E-state index in [0.29, 0.717) is 10.7 Å². The fourth-order valence-electron chi connectivity index (χ4n) is 1.25. The second-order valence-electron chi connectivity index (χ2n) is 3.67. The number of aliphatic hydroxyl groups excluding tert-OH is 1. The van der Waals surface area contributed by atoms with Crippen LogP contribution in [0.4, 0.5) is 5.69 Å². The van der Waals surface area contributed by atoms with Gasteiger partial charge in [0.25, 0.3) is 0 Å². The van der Waals surface area contributed by atoms with Crippen molar-refractivity contribution >= 4 is 40.7 Å². The third-order valence-corrected chi connectivity index (χ3v) is 2.89. The molecule has 1 rings (SSSR count). The van der Waals surface area contributed by atoms with Crippen molar-refractivity contribution in [2.75, 3.05) is 31.7 Å². The second kappa shape index (κ2) is 8.76. The quantitative estimate of drug-likeness (QED) is 0.540. The number of carbonyl (C=O) groups is 2. The lowest BCUT2D eigenvalue weighted by atomic mass is 10.3. The minimum absolute atomic E-state index is 0.0915. The number of rotatable bonds is 6. The van der Waals surface area contributed by atoms with Gasteiger partial charge in [-0.15, -0.1) is 0 Å².